The number of benzene rings is 1. The molecule has 2 aromatic rings. The summed E-state index contributed by atoms with van der Waals surface area (Å²) in [5, 5.41) is 1.12. The second kappa shape index (κ2) is 5.12. The molecule has 0 N–H and O–H groups in total. The molecule has 2 aliphatic rings. The van der Waals surface area contributed by atoms with Gasteiger partial charge in [0.25, 0.3) is 0 Å². The van der Waals surface area contributed by atoms with Gasteiger partial charge in [-0.25, -0.2) is 4.79 Å². The topological polar surface area (TPSA) is 33.5 Å². The Hall–Kier alpha value is -1.29. The van der Waals surface area contributed by atoms with E-state index in [4.69, 9.17) is 4.42 Å². The van der Waals surface area contributed by atoms with Crippen LogP contribution in [0.4, 0.5) is 5.69 Å². The zero-order chi connectivity index (χ0) is 15.4. The fraction of sp³-hybridized carbons (Fsp3) is 0.500. The second-order valence-corrected chi connectivity index (χ2v) is 7.50. The van der Waals surface area contributed by atoms with Gasteiger partial charge in [-0.15, -0.1) is 0 Å². The molecule has 0 radical (unpaired) electrons. The Labute approximate surface area is 138 Å². The minimum atomic E-state index is -0.250. The Morgan fingerprint density at radius 1 is 1.23 bits per heavy atom. The van der Waals surface area contributed by atoms with Crippen LogP contribution in [0.15, 0.2) is 19.8 Å². The number of aryl methyl sites for hydroxylation is 2. The van der Waals surface area contributed by atoms with Gasteiger partial charge in [-0.05, 0) is 64.7 Å². The highest BCUT2D eigenvalue weighted by Crippen LogP contribution is 2.42. The molecule has 1 aromatic carbocycles. The van der Waals surface area contributed by atoms with Crippen molar-refractivity contribution in [2.45, 2.75) is 45.4 Å². The molecule has 0 atom stereocenters. The summed E-state index contributed by atoms with van der Waals surface area (Å²) in [5.41, 5.74) is 5.70. The number of anilines is 1. The molecule has 4 rings (SSSR count). The van der Waals surface area contributed by atoms with Crippen molar-refractivity contribution in [2.24, 2.45) is 0 Å². The molecule has 3 nitrogen and oxygen atoms in total. The van der Waals surface area contributed by atoms with Crippen molar-refractivity contribution in [2.75, 3.05) is 18.0 Å². The summed E-state index contributed by atoms with van der Waals surface area (Å²) in [6.45, 7) is 6.53. The van der Waals surface area contributed by atoms with Crippen LogP contribution in [0.3, 0.4) is 0 Å². The van der Waals surface area contributed by atoms with E-state index in [1.54, 1.807) is 0 Å². The van der Waals surface area contributed by atoms with Crippen molar-refractivity contribution in [1.82, 2.24) is 0 Å². The first kappa shape index (κ1) is 14.3. The van der Waals surface area contributed by atoms with Crippen LogP contribution < -0.4 is 10.5 Å². The van der Waals surface area contributed by atoms with Crippen LogP contribution in [-0.2, 0) is 12.8 Å². The minimum absolute atomic E-state index is 0.250. The average molecular weight is 362 g/mol. The standard InChI is InChI=1S/C18H20BrNO2/c1-10(2)14-13-9-11-5-3-7-20-8-4-6-12(16(11)20)17(13)22-18(21)15(14)19/h9-10H,3-8H2,1-2H3. The Kier molecular flexibility index (Phi) is 3.33. The first-order valence-corrected chi connectivity index (χ1v) is 8.93. The molecule has 0 amide bonds. The predicted octanol–water partition coefficient (Wildman–Crippen LogP) is 4.38. The Bertz CT molecular complexity index is 820. The Balaban J connectivity index is 2.15. The van der Waals surface area contributed by atoms with Crippen LogP contribution in [0.1, 0.15) is 49.3 Å². The fourth-order valence-electron chi connectivity index (χ4n) is 4.08. The third-order valence-electron chi connectivity index (χ3n) is 4.95. The van der Waals surface area contributed by atoms with E-state index in [2.05, 4.69) is 40.7 Å². The maximum Gasteiger partial charge on any atom is 0.350 e. The number of nitrogens with zero attached hydrogens (tertiary/aromatic N) is 1. The van der Waals surface area contributed by atoms with E-state index in [1.165, 1.54) is 23.2 Å². The molecule has 2 aliphatic heterocycles. The molecule has 0 saturated carbocycles. The van der Waals surface area contributed by atoms with Gasteiger partial charge in [-0.2, -0.15) is 0 Å². The molecule has 0 spiro atoms. The SMILES string of the molecule is CC(C)c1c(Br)c(=O)oc2c3c4c(cc12)CCCN4CCC3. The molecule has 0 fully saturated rings. The third-order valence-corrected chi connectivity index (χ3v) is 5.70. The maximum atomic E-state index is 12.3. The highest BCUT2D eigenvalue weighted by Gasteiger charge is 2.28. The van der Waals surface area contributed by atoms with Crippen LogP contribution in [0.25, 0.3) is 11.0 Å². The van der Waals surface area contributed by atoms with Gasteiger partial charge in [0.1, 0.15) is 10.1 Å². The number of fused-ring (bicyclic) bond motifs is 2. The number of halogens is 1. The third kappa shape index (κ3) is 1.96. The molecule has 3 heterocycles. The van der Waals surface area contributed by atoms with Crippen LogP contribution in [0, 0.1) is 0 Å². The summed E-state index contributed by atoms with van der Waals surface area (Å²) >= 11 is 3.45. The molecule has 116 valence electrons. The normalized spacial score (nSPS) is 17.2. The lowest BCUT2D eigenvalue weighted by Crippen LogP contribution is -2.34. The summed E-state index contributed by atoms with van der Waals surface area (Å²) in [5.74, 6) is 0.287. The summed E-state index contributed by atoms with van der Waals surface area (Å²) < 4.78 is 6.31. The van der Waals surface area contributed by atoms with Gasteiger partial charge in [0.15, 0.2) is 0 Å². The lowest BCUT2D eigenvalue weighted by Gasteiger charge is -2.37. The average Bonchev–Trinajstić information content (AvgIpc) is 2.49. The highest BCUT2D eigenvalue weighted by molar-refractivity contribution is 9.10. The molecule has 0 bridgehead atoms. The van der Waals surface area contributed by atoms with E-state index in [1.807, 2.05) is 0 Å². The van der Waals surface area contributed by atoms with Gasteiger partial charge in [0.2, 0.25) is 0 Å². The fourth-order valence-corrected chi connectivity index (χ4v) is 4.83. The zero-order valence-corrected chi connectivity index (χ0v) is 14.6. The van der Waals surface area contributed by atoms with E-state index in [-0.39, 0.29) is 11.5 Å². The lowest BCUT2D eigenvalue weighted by molar-refractivity contribution is 0.542. The summed E-state index contributed by atoms with van der Waals surface area (Å²) in [6, 6.07) is 2.27. The number of rotatable bonds is 1. The minimum Gasteiger partial charge on any atom is -0.422 e. The molecule has 0 saturated heterocycles. The number of hydrogen-bond donors (Lipinski definition) is 0. The van der Waals surface area contributed by atoms with Gasteiger partial charge in [0, 0.05) is 29.7 Å². The molecular weight excluding hydrogens is 342 g/mol. The van der Waals surface area contributed by atoms with Crippen molar-refractivity contribution >= 4 is 32.6 Å². The van der Waals surface area contributed by atoms with Crippen molar-refractivity contribution in [3.63, 3.8) is 0 Å². The molecule has 22 heavy (non-hydrogen) atoms. The van der Waals surface area contributed by atoms with E-state index in [0.29, 0.717) is 4.47 Å². The van der Waals surface area contributed by atoms with Gasteiger partial charge in [-0.1, -0.05) is 13.8 Å². The predicted molar refractivity (Wildman–Crippen MR) is 93.1 cm³/mol. The van der Waals surface area contributed by atoms with E-state index >= 15 is 0 Å². The Morgan fingerprint density at radius 2 is 1.95 bits per heavy atom. The summed E-state index contributed by atoms with van der Waals surface area (Å²) in [4.78, 5) is 14.7. The van der Waals surface area contributed by atoms with E-state index in [9.17, 15) is 4.79 Å². The van der Waals surface area contributed by atoms with Crippen LogP contribution in [0.2, 0.25) is 0 Å². The first-order chi connectivity index (χ1) is 10.6. The van der Waals surface area contributed by atoms with Crippen LogP contribution >= 0.6 is 15.9 Å². The largest absolute Gasteiger partial charge is 0.422 e. The van der Waals surface area contributed by atoms with Crippen molar-refractivity contribution < 1.29 is 4.42 Å². The zero-order valence-electron chi connectivity index (χ0n) is 13.0. The molecule has 1 aromatic heterocycles. The van der Waals surface area contributed by atoms with Gasteiger partial charge >= 0.3 is 5.63 Å². The van der Waals surface area contributed by atoms with Crippen molar-refractivity contribution in [3.05, 3.63) is 37.6 Å². The summed E-state index contributed by atoms with van der Waals surface area (Å²) in [6.07, 6.45) is 4.50. The van der Waals surface area contributed by atoms with E-state index < -0.39 is 0 Å². The smallest absolute Gasteiger partial charge is 0.350 e. The van der Waals surface area contributed by atoms with E-state index in [0.717, 1.165) is 48.9 Å². The monoisotopic (exact) mass is 361 g/mol. The highest BCUT2D eigenvalue weighted by atomic mass is 79.9. The van der Waals surface area contributed by atoms with Crippen molar-refractivity contribution in [1.29, 1.82) is 0 Å². The first-order valence-electron chi connectivity index (χ1n) is 8.14. The van der Waals surface area contributed by atoms with Gasteiger partial charge in [-0.3, -0.25) is 0 Å². The lowest BCUT2D eigenvalue weighted by atomic mass is 9.87. The molecular formula is C18H20BrNO2. The van der Waals surface area contributed by atoms with Gasteiger partial charge in [0.05, 0.1) is 0 Å². The summed E-state index contributed by atoms with van der Waals surface area (Å²) in [7, 11) is 0. The maximum absolute atomic E-state index is 12.3. The molecule has 4 heteroatoms. The van der Waals surface area contributed by atoms with Gasteiger partial charge < -0.3 is 9.32 Å². The molecule has 0 aliphatic carbocycles. The Morgan fingerprint density at radius 3 is 2.68 bits per heavy atom. The van der Waals surface area contributed by atoms with Crippen LogP contribution in [0.5, 0.6) is 0 Å². The second-order valence-electron chi connectivity index (χ2n) is 6.71. The quantitative estimate of drug-likeness (QED) is 0.706. The molecule has 0 unspecified atom stereocenters. The number of hydrogen-bond acceptors (Lipinski definition) is 3. The van der Waals surface area contributed by atoms with Crippen molar-refractivity contribution in [3.8, 4) is 0 Å². The van der Waals surface area contributed by atoms with Crippen LogP contribution in [-0.4, -0.2) is 13.1 Å².